The van der Waals surface area contributed by atoms with Crippen molar-refractivity contribution in [2.24, 2.45) is 0 Å². The van der Waals surface area contributed by atoms with Crippen LogP contribution in [0.4, 0.5) is 10.1 Å². The molecule has 0 radical (unpaired) electrons. The number of hydrogen-bond acceptors (Lipinski definition) is 3. The Bertz CT molecular complexity index is 889. The van der Waals surface area contributed by atoms with Crippen LogP contribution in [0.5, 0.6) is 0 Å². The third-order valence-electron chi connectivity index (χ3n) is 3.33. The highest BCUT2D eigenvalue weighted by atomic mass is 35.5. The summed E-state index contributed by atoms with van der Waals surface area (Å²) >= 11 is 11.7. The molecule has 9 heteroatoms. The topological polar surface area (TPSA) is 74.7 Å². The van der Waals surface area contributed by atoms with Crippen LogP contribution >= 0.6 is 23.2 Å². The van der Waals surface area contributed by atoms with E-state index in [1.54, 1.807) is 0 Å². The minimum Gasteiger partial charge on any atom is -0.481 e. The van der Waals surface area contributed by atoms with Gasteiger partial charge in [-0.15, -0.1) is 0 Å². The molecular formula is C16H14Cl2FNO4S. The molecule has 0 saturated heterocycles. The molecule has 134 valence electrons. The van der Waals surface area contributed by atoms with Gasteiger partial charge in [-0.05, 0) is 42.8 Å². The summed E-state index contributed by atoms with van der Waals surface area (Å²) < 4.78 is 40.4. The lowest BCUT2D eigenvalue weighted by atomic mass is 10.3. The molecule has 0 aliphatic heterocycles. The summed E-state index contributed by atoms with van der Waals surface area (Å²) in [6.45, 7) is -0.127. The van der Waals surface area contributed by atoms with Crippen molar-refractivity contribution in [1.29, 1.82) is 0 Å². The zero-order valence-corrected chi connectivity index (χ0v) is 15.2. The van der Waals surface area contributed by atoms with Crippen LogP contribution in [0.25, 0.3) is 0 Å². The van der Waals surface area contributed by atoms with Gasteiger partial charge in [-0.2, -0.15) is 0 Å². The van der Waals surface area contributed by atoms with Crippen LogP contribution < -0.4 is 4.31 Å². The molecule has 0 aliphatic carbocycles. The summed E-state index contributed by atoms with van der Waals surface area (Å²) in [4.78, 5) is 10.6. The van der Waals surface area contributed by atoms with Crippen molar-refractivity contribution in [3.8, 4) is 0 Å². The number of carbonyl (C=O) groups is 1. The molecule has 0 saturated carbocycles. The summed E-state index contributed by atoms with van der Waals surface area (Å²) in [5.74, 6) is -1.66. The summed E-state index contributed by atoms with van der Waals surface area (Å²) in [5, 5.41) is 9.03. The summed E-state index contributed by atoms with van der Waals surface area (Å²) in [6.07, 6.45) is -0.158. The van der Waals surface area contributed by atoms with Crippen molar-refractivity contribution in [3.63, 3.8) is 0 Å². The number of benzene rings is 2. The lowest BCUT2D eigenvalue weighted by Crippen LogP contribution is -2.32. The normalized spacial score (nSPS) is 11.3. The van der Waals surface area contributed by atoms with Gasteiger partial charge in [0.15, 0.2) is 0 Å². The maximum Gasteiger partial charge on any atom is 0.303 e. The fourth-order valence-corrected chi connectivity index (χ4v) is 4.04. The van der Waals surface area contributed by atoms with Crippen LogP contribution in [0.2, 0.25) is 10.0 Å². The Labute approximate surface area is 154 Å². The zero-order chi connectivity index (χ0) is 18.6. The fourth-order valence-electron chi connectivity index (χ4n) is 2.16. The Morgan fingerprint density at radius 3 is 2.44 bits per heavy atom. The zero-order valence-electron chi connectivity index (χ0n) is 12.8. The van der Waals surface area contributed by atoms with Gasteiger partial charge >= 0.3 is 5.97 Å². The van der Waals surface area contributed by atoms with E-state index in [0.29, 0.717) is 0 Å². The number of rotatable bonds is 7. The molecule has 5 nitrogen and oxygen atoms in total. The van der Waals surface area contributed by atoms with Gasteiger partial charge in [0.2, 0.25) is 0 Å². The molecule has 0 fully saturated rings. The average molecular weight is 406 g/mol. The Kier molecular flexibility index (Phi) is 6.26. The first-order valence-electron chi connectivity index (χ1n) is 7.17. The number of anilines is 1. The monoisotopic (exact) mass is 405 g/mol. The van der Waals surface area contributed by atoms with Crippen molar-refractivity contribution in [2.75, 3.05) is 10.8 Å². The molecule has 0 spiro atoms. The van der Waals surface area contributed by atoms with Crippen molar-refractivity contribution in [3.05, 3.63) is 58.3 Å². The number of halogens is 3. The Morgan fingerprint density at radius 1 is 1.12 bits per heavy atom. The lowest BCUT2D eigenvalue weighted by Gasteiger charge is -2.24. The van der Waals surface area contributed by atoms with E-state index in [0.717, 1.165) is 10.4 Å². The van der Waals surface area contributed by atoms with E-state index in [2.05, 4.69) is 0 Å². The van der Waals surface area contributed by atoms with Crippen molar-refractivity contribution < 1.29 is 22.7 Å². The maximum absolute atomic E-state index is 13.5. The Balaban J connectivity index is 2.45. The molecule has 2 rings (SSSR count). The molecule has 0 aromatic heterocycles. The van der Waals surface area contributed by atoms with Gasteiger partial charge in [-0.1, -0.05) is 29.3 Å². The van der Waals surface area contributed by atoms with Crippen molar-refractivity contribution >= 4 is 44.9 Å². The minimum absolute atomic E-state index is 0.0619. The molecule has 0 aliphatic rings. The highest BCUT2D eigenvalue weighted by molar-refractivity contribution is 7.92. The van der Waals surface area contributed by atoms with E-state index in [4.69, 9.17) is 28.3 Å². The molecule has 0 heterocycles. The van der Waals surface area contributed by atoms with E-state index in [-0.39, 0.29) is 40.0 Å². The molecular weight excluding hydrogens is 392 g/mol. The second-order valence-electron chi connectivity index (χ2n) is 5.13. The molecule has 2 aromatic carbocycles. The summed E-state index contributed by atoms with van der Waals surface area (Å²) in [6, 6.07) is 8.88. The molecule has 0 amide bonds. The standard InChI is InChI=1S/C16H14Cl2FNO4S/c17-14-7-6-13(10-15(14)18)25(23,24)20(8-2-5-16(21)22)12-4-1-3-11(19)9-12/h1,3-4,6-7,9-10H,2,5,8H2,(H,21,22). The molecule has 25 heavy (non-hydrogen) atoms. The van der Waals surface area contributed by atoms with E-state index < -0.39 is 21.8 Å². The second kappa shape index (κ2) is 8.03. The van der Waals surface area contributed by atoms with Gasteiger partial charge in [-0.3, -0.25) is 9.10 Å². The Morgan fingerprint density at radius 2 is 1.84 bits per heavy atom. The molecule has 1 N–H and O–H groups in total. The first kappa shape index (κ1) is 19.5. The third kappa shape index (κ3) is 4.84. The SMILES string of the molecule is O=C(O)CCCN(c1cccc(F)c1)S(=O)(=O)c1ccc(Cl)c(Cl)c1. The van der Waals surface area contributed by atoms with Crippen LogP contribution in [0.1, 0.15) is 12.8 Å². The predicted octanol–water partition coefficient (Wildman–Crippen LogP) is 4.19. The van der Waals surface area contributed by atoms with E-state index in [9.17, 15) is 17.6 Å². The number of carboxylic acids is 1. The van der Waals surface area contributed by atoms with Gasteiger partial charge in [0.25, 0.3) is 10.0 Å². The maximum atomic E-state index is 13.5. The van der Waals surface area contributed by atoms with Gasteiger partial charge in [0.05, 0.1) is 20.6 Å². The quantitative estimate of drug-likeness (QED) is 0.748. The van der Waals surface area contributed by atoms with Gasteiger partial charge in [-0.25, -0.2) is 12.8 Å². The van der Waals surface area contributed by atoms with Crippen LogP contribution in [0.15, 0.2) is 47.4 Å². The average Bonchev–Trinajstić information content (AvgIpc) is 2.53. The van der Waals surface area contributed by atoms with E-state index >= 15 is 0 Å². The van der Waals surface area contributed by atoms with Gasteiger partial charge in [0, 0.05) is 13.0 Å². The summed E-state index contributed by atoms with van der Waals surface area (Å²) in [5.41, 5.74) is 0.0939. The van der Waals surface area contributed by atoms with Crippen LogP contribution in [-0.4, -0.2) is 26.0 Å². The smallest absolute Gasteiger partial charge is 0.303 e. The highest BCUT2D eigenvalue weighted by Crippen LogP contribution is 2.29. The number of hydrogen-bond donors (Lipinski definition) is 1. The first-order chi connectivity index (χ1) is 11.7. The van der Waals surface area contributed by atoms with E-state index in [1.807, 2.05) is 0 Å². The van der Waals surface area contributed by atoms with Gasteiger partial charge in [0.1, 0.15) is 5.82 Å². The number of carboxylic acid groups (broad SMARTS) is 1. The largest absolute Gasteiger partial charge is 0.481 e. The molecule has 0 unspecified atom stereocenters. The number of aliphatic carboxylic acids is 1. The van der Waals surface area contributed by atoms with Crippen LogP contribution in [0.3, 0.4) is 0 Å². The van der Waals surface area contributed by atoms with Crippen LogP contribution in [-0.2, 0) is 14.8 Å². The fraction of sp³-hybridized carbons (Fsp3) is 0.188. The first-order valence-corrected chi connectivity index (χ1v) is 9.36. The van der Waals surface area contributed by atoms with Crippen LogP contribution in [0, 0.1) is 5.82 Å². The number of sulfonamides is 1. The molecule has 2 aromatic rings. The Hall–Kier alpha value is -1.83. The molecule has 0 bridgehead atoms. The second-order valence-corrected chi connectivity index (χ2v) is 7.81. The summed E-state index contributed by atoms with van der Waals surface area (Å²) in [7, 11) is -4.08. The minimum atomic E-state index is -4.08. The highest BCUT2D eigenvalue weighted by Gasteiger charge is 2.26. The van der Waals surface area contributed by atoms with Crippen molar-refractivity contribution in [2.45, 2.75) is 17.7 Å². The van der Waals surface area contributed by atoms with Gasteiger partial charge < -0.3 is 5.11 Å². The predicted molar refractivity (Wildman–Crippen MR) is 94.3 cm³/mol. The van der Waals surface area contributed by atoms with Crippen molar-refractivity contribution in [1.82, 2.24) is 0 Å². The third-order valence-corrected chi connectivity index (χ3v) is 5.89. The van der Waals surface area contributed by atoms with E-state index in [1.165, 1.54) is 36.4 Å². The lowest BCUT2D eigenvalue weighted by molar-refractivity contribution is -0.137. The molecule has 0 atom stereocenters. The number of nitrogens with zero attached hydrogens (tertiary/aromatic N) is 1.